The maximum Gasteiger partial charge on any atom is 0.423 e. The lowest BCUT2D eigenvalue weighted by Gasteiger charge is -2.27. The largest absolute Gasteiger partial charge is 0.481 e. The Hall–Kier alpha value is -3.92. The Balaban J connectivity index is 1.86. The van der Waals surface area contributed by atoms with E-state index < -0.39 is 69.6 Å². The molecule has 2 N–H and O–H groups in total. The Morgan fingerprint density at radius 3 is 2.33 bits per heavy atom. The summed E-state index contributed by atoms with van der Waals surface area (Å²) in [4.78, 5) is 33.4. The standard InChI is InChI=1S/C23H19ClF6N4O6/c1-21(40-7-6-19(36)37)11-33(32-20(21)12-2-4-14(16(24)8-12)22(25,26)27)10-18(35)31-13-3-5-15(23(28,29)30)17(9-13)34(38)39/h2-5,8-9H,6-7,10-11H2,1H3,(H,31,35)(H,36,37). The topological polar surface area (TPSA) is 134 Å². The van der Waals surface area contributed by atoms with Crippen molar-refractivity contribution in [1.29, 1.82) is 0 Å². The van der Waals surface area contributed by atoms with Crippen molar-refractivity contribution >= 4 is 40.6 Å². The van der Waals surface area contributed by atoms with E-state index >= 15 is 0 Å². The first-order valence-corrected chi connectivity index (χ1v) is 11.5. The number of nitrogens with zero attached hydrogens (tertiary/aromatic N) is 3. The fourth-order valence-electron chi connectivity index (χ4n) is 3.90. The number of carbonyl (C=O) groups is 2. The number of benzene rings is 2. The van der Waals surface area contributed by atoms with Gasteiger partial charge in [0.15, 0.2) is 0 Å². The molecular formula is C23H19ClF6N4O6. The molecule has 1 unspecified atom stereocenters. The van der Waals surface area contributed by atoms with Gasteiger partial charge in [0, 0.05) is 17.3 Å². The van der Waals surface area contributed by atoms with E-state index in [0.29, 0.717) is 12.1 Å². The molecule has 216 valence electrons. The van der Waals surface area contributed by atoms with E-state index in [1.54, 1.807) is 0 Å². The zero-order valence-electron chi connectivity index (χ0n) is 20.3. The number of anilines is 1. The summed E-state index contributed by atoms with van der Waals surface area (Å²) in [6, 6.07) is 4.62. The minimum Gasteiger partial charge on any atom is -0.481 e. The third-order valence-corrected chi connectivity index (χ3v) is 5.93. The van der Waals surface area contributed by atoms with Gasteiger partial charge in [-0.3, -0.25) is 24.7 Å². The van der Waals surface area contributed by atoms with E-state index in [-0.39, 0.29) is 30.1 Å². The average molecular weight is 597 g/mol. The van der Waals surface area contributed by atoms with Crippen LogP contribution in [0.15, 0.2) is 41.5 Å². The third-order valence-electron chi connectivity index (χ3n) is 5.62. The molecule has 0 aromatic heterocycles. The van der Waals surface area contributed by atoms with Gasteiger partial charge in [-0.15, -0.1) is 0 Å². The van der Waals surface area contributed by atoms with Gasteiger partial charge >= 0.3 is 18.3 Å². The number of ether oxygens (including phenoxy) is 1. The van der Waals surface area contributed by atoms with Crippen molar-refractivity contribution in [2.45, 2.75) is 31.3 Å². The van der Waals surface area contributed by atoms with Gasteiger partial charge in [-0.05, 0) is 31.2 Å². The molecule has 1 amide bonds. The number of hydrazone groups is 1. The summed E-state index contributed by atoms with van der Waals surface area (Å²) in [5.74, 6) is -2.03. The summed E-state index contributed by atoms with van der Waals surface area (Å²) in [6.45, 7) is 0.427. The van der Waals surface area contributed by atoms with Gasteiger partial charge in [-0.25, -0.2) is 0 Å². The molecule has 0 fully saturated rings. The molecule has 3 rings (SSSR count). The lowest BCUT2D eigenvalue weighted by Crippen LogP contribution is -2.43. The number of carbonyl (C=O) groups excluding carboxylic acids is 1. The first-order valence-electron chi connectivity index (χ1n) is 11.1. The van der Waals surface area contributed by atoms with Crippen LogP contribution in [0.1, 0.15) is 30.0 Å². The number of nitrogens with one attached hydrogen (secondary N) is 1. The van der Waals surface area contributed by atoms with E-state index in [4.69, 9.17) is 21.4 Å². The highest BCUT2D eigenvalue weighted by atomic mass is 35.5. The molecule has 10 nitrogen and oxygen atoms in total. The number of aliphatic carboxylic acids is 1. The molecule has 17 heteroatoms. The van der Waals surface area contributed by atoms with Crippen molar-refractivity contribution in [3.05, 3.63) is 68.2 Å². The normalized spacial score (nSPS) is 17.5. The molecule has 1 aliphatic heterocycles. The summed E-state index contributed by atoms with van der Waals surface area (Å²) in [5, 5.41) is 27.0. The fourth-order valence-corrected chi connectivity index (χ4v) is 4.18. The molecule has 0 saturated carbocycles. The van der Waals surface area contributed by atoms with E-state index in [2.05, 4.69) is 10.4 Å². The number of amides is 1. The van der Waals surface area contributed by atoms with E-state index in [1.807, 2.05) is 0 Å². The first-order chi connectivity index (χ1) is 18.4. The first kappa shape index (κ1) is 30.6. The summed E-state index contributed by atoms with van der Waals surface area (Å²) < 4.78 is 84.2. The number of nitro benzene ring substituents is 1. The Kier molecular flexibility index (Phi) is 8.64. The van der Waals surface area contributed by atoms with Crippen molar-refractivity contribution in [3.63, 3.8) is 0 Å². The molecule has 1 heterocycles. The molecule has 0 aliphatic carbocycles. The van der Waals surface area contributed by atoms with E-state index in [9.17, 15) is 46.0 Å². The molecule has 1 atom stereocenters. The monoisotopic (exact) mass is 596 g/mol. The van der Waals surface area contributed by atoms with E-state index in [0.717, 1.165) is 29.3 Å². The van der Waals surface area contributed by atoms with Crippen LogP contribution in [0.5, 0.6) is 0 Å². The molecule has 0 spiro atoms. The zero-order chi connectivity index (χ0) is 30.0. The van der Waals surface area contributed by atoms with Crippen LogP contribution in [0.4, 0.5) is 37.7 Å². The van der Waals surface area contributed by atoms with Crippen molar-refractivity contribution in [3.8, 4) is 0 Å². The highest BCUT2D eigenvalue weighted by Crippen LogP contribution is 2.38. The second-order valence-corrected chi connectivity index (χ2v) is 9.13. The Labute approximate surface area is 226 Å². The third kappa shape index (κ3) is 7.18. The molecule has 2 aromatic carbocycles. The molecular weight excluding hydrogens is 578 g/mol. The van der Waals surface area contributed by atoms with Crippen molar-refractivity contribution in [2.24, 2.45) is 5.10 Å². The Morgan fingerprint density at radius 1 is 1.15 bits per heavy atom. The van der Waals surface area contributed by atoms with Crippen molar-refractivity contribution in [1.82, 2.24) is 5.01 Å². The van der Waals surface area contributed by atoms with Gasteiger partial charge in [-0.2, -0.15) is 31.4 Å². The molecule has 0 radical (unpaired) electrons. The molecule has 0 bridgehead atoms. The predicted molar refractivity (Wildman–Crippen MR) is 128 cm³/mol. The Bertz CT molecular complexity index is 1370. The highest BCUT2D eigenvalue weighted by molar-refractivity contribution is 6.32. The van der Waals surface area contributed by atoms with E-state index in [1.165, 1.54) is 6.92 Å². The minimum absolute atomic E-state index is 0.0338. The lowest BCUT2D eigenvalue weighted by atomic mass is 9.93. The van der Waals surface area contributed by atoms with Crippen LogP contribution in [-0.2, 0) is 26.7 Å². The van der Waals surface area contributed by atoms with Gasteiger partial charge in [0.25, 0.3) is 5.69 Å². The van der Waals surface area contributed by atoms with Gasteiger partial charge in [0.2, 0.25) is 5.91 Å². The van der Waals surface area contributed by atoms with Crippen LogP contribution in [0.2, 0.25) is 5.02 Å². The van der Waals surface area contributed by atoms with Crippen LogP contribution in [-0.4, -0.2) is 57.9 Å². The zero-order valence-corrected chi connectivity index (χ0v) is 21.0. The van der Waals surface area contributed by atoms with Gasteiger partial charge in [-0.1, -0.05) is 17.7 Å². The molecule has 2 aromatic rings. The maximum absolute atomic E-state index is 13.1. The summed E-state index contributed by atoms with van der Waals surface area (Å²) >= 11 is 5.83. The Morgan fingerprint density at radius 2 is 1.77 bits per heavy atom. The number of hydrogen-bond donors (Lipinski definition) is 2. The van der Waals surface area contributed by atoms with Crippen molar-refractivity contribution < 1.29 is 50.7 Å². The van der Waals surface area contributed by atoms with Gasteiger partial charge in [0.1, 0.15) is 23.4 Å². The molecule has 0 saturated heterocycles. The number of alkyl halides is 6. The highest BCUT2D eigenvalue weighted by Gasteiger charge is 2.42. The number of carboxylic acid groups (broad SMARTS) is 1. The van der Waals surface area contributed by atoms with Crippen LogP contribution in [0.3, 0.4) is 0 Å². The minimum atomic E-state index is -5.00. The number of nitro groups is 1. The fraction of sp³-hybridized carbons (Fsp3) is 0.348. The average Bonchev–Trinajstić information content (AvgIpc) is 3.12. The number of halogens is 7. The van der Waals surface area contributed by atoms with Crippen LogP contribution in [0, 0.1) is 10.1 Å². The SMILES string of the molecule is CC1(OCCC(=O)O)CN(CC(=O)Nc2ccc(C(F)(F)F)c([N+](=O)[O-])c2)N=C1c1ccc(C(F)(F)F)c(Cl)c1. The summed E-state index contributed by atoms with van der Waals surface area (Å²) in [7, 11) is 0. The smallest absolute Gasteiger partial charge is 0.423 e. The van der Waals surface area contributed by atoms with Gasteiger partial charge in [0.05, 0.1) is 35.1 Å². The van der Waals surface area contributed by atoms with Crippen LogP contribution in [0.25, 0.3) is 0 Å². The van der Waals surface area contributed by atoms with Crippen LogP contribution >= 0.6 is 11.6 Å². The quantitative estimate of drug-likeness (QED) is 0.231. The second-order valence-electron chi connectivity index (χ2n) is 8.72. The number of hydrogen-bond acceptors (Lipinski definition) is 7. The lowest BCUT2D eigenvalue weighted by molar-refractivity contribution is -0.388. The predicted octanol–water partition coefficient (Wildman–Crippen LogP) is 5.19. The molecule has 1 aliphatic rings. The maximum atomic E-state index is 13.1. The van der Waals surface area contributed by atoms with Gasteiger partial charge < -0.3 is 15.2 Å². The summed E-state index contributed by atoms with van der Waals surface area (Å²) in [5.41, 5.74) is -5.47. The second kappa shape index (κ2) is 11.3. The number of carboxylic acids is 1. The van der Waals surface area contributed by atoms with Crippen LogP contribution < -0.4 is 5.32 Å². The van der Waals surface area contributed by atoms with Crippen molar-refractivity contribution in [2.75, 3.05) is 25.0 Å². The number of rotatable bonds is 9. The summed E-state index contributed by atoms with van der Waals surface area (Å²) in [6.07, 6.45) is -10.1. The molecule has 40 heavy (non-hydrogen) atoms.